The van der Waals surface area contributed by atoms with Crippen LogP contribution in [-0.4, -0.2) is 42.3 Å². The summed E-state index contributed by atoms with van der Waals surface area (Å²) in [5, 5.41) is 11.3. The number of carboxylic acids is 1. The van der Waals surface area contributed by atoms with Crippen LogP contribution in [0.3, 0.4) is 0 Å². The van der Waals surface area contributed by atoms with Gasteiger partial charge < -0.3 is 15.2 Å². The summed E-state index contributed by atoms with van der Waals surface area (Å²) in [6.45, 7) is 0.630. The van der Waals surface area contributed by atoms with Gasteiger partial charge in [-0.3, -0.25) is 19.3 Å². The number of morpholine rings is 1. The Balaban J connectivity index is 2.30. The van der Waals surface area contributed by atoms with Crippen LogP contribution in [0.4, 0.5) is 5.69 Å². The maximum absolute atomic E-state index is 12.1. The molecule has 0 bridgehead atoms. The molecular weight excluding hydrogens is 264 g/mol. The maximum Gasteiger partial charge on any atom is 0.312 e. The van der Waals surface area contributed by atoms with Crippen molar-refractivity contribution in [3.05, 3.63) is 30.3 Å². The van der Waals surface area contributed by atoms with Crippen LogP contribution in [0.5, 0.6) is 0 Å². The molecule has 2 rings (SSSR count). The molecule has 1 heterocycles. The second kappa shape index (κ2) is 6.16. The molecular formula is C13H14N2O5. The number of hydrogen-bond acceptors (Lipinski definition) is 4. The summed E-state index contributed by atoms with van der Waals surface area (Å²) in [5.74, 6) is -2.42. The van der Waals surface area contributed by atoms with E-state index < -0.39 is 30.4 Å². The first-order valence-corrected chi connectivity index (χ1v) is 6.08. The zero-order valence-corrected chi connectivity index (χ0v) is 10.6. The van der Waals surface area contributed by atoms with Crippen LogP contribution in [0.1, 0.15) is 6.42 Å². The lowest BCUT2D eigenvalue weighted by molar-refractivity contribution is -0.145. The normalized spacial score (nSPS) is 18.2. The van der Waals surface area contributed by atoms with Crippen molar-refractivity contribution in [2.45, 2.75) is 12.6 Å². The van der Waals surface area contributed by atoms with Crippen LogP contribution in [0.15, 0.2) is 30.3 Å². The van der Waals surface area contributed by atoms with Gasteiger partial charge in [-0.25, -0.2) is 0 Å². The number of aliphatic carboxylic acids is 1. The number of amides is 2. The van der Waals surface area contributed by atoms with E-state index in [1.165, 1.54) is 0 Å². The molecule has 20 heavy (non-hydrogen) atoms. The molecule has 0 aliphatic carbocycles. The number of nitrogens with one attached hydrogen (secondary N) is 1. The Kier molecular flexibility index (Phi) is 4.31. The van der Waals surface area contributed by atoms with Gasteiger partial charge in [0.05, 0.1) is 6.61 Å². The van der Waals surface area contributed by atoms with Crippen molar-refractivity contribution in [3.8, 4) is 0 Å². The molecule has 106 valence electrons. The molecule has 2 N–H and O–H groups in total. The van der Waals surface area contributed by atoms with Gasteiger partial charge in [-0.05, 0) is 12.1 Å². The second-order valence-electron chi connectivity index (χ2n) is 4.18. The predicted octanol–water partition coefficient (Wildman–Crippen LogP) is -0.0332. The van der Waals surface area contributed by atoms with Crippen molar-refractivity contribution in [3.63, 3.8) is 0 Å². The van der Waals surface area contributed by atoms with Gasteiger partial charge in [0.25, 0.3) is 5.91 Å². The number of ether oxygens (including phenoxy) is 1. The number of hydrogen-bond donors (Lipinski definition) is 2. The standard InChI is InChI=1S/C13H14N2O5/c16-10(8-11(17)18)15(9-4-2-1-3-5-9)13-12(19)14-6-7-20-13/h1-5,13H,6-8H2,(H,14,19)(H,17,18). The predicted molar refractivity (Wildman–Crippen MR) is 68.9 cm³/mol. The van der Waals surface area contributed by atoms with E-state index in [-0.39, 0.29) is 6.61 Å². The Morgan fingerprint density at radius 2 is 2.05 bits per heavy atom. The lowest BCUT2D eigenvalue weighted by Gasteiger charge is -2.33. The molecule has 1 unspecified atom stereocenters. The number of rotatable bonds is 4. The number of benzene rings is 1. The Hall–Kier alpha value is -2.41. The first kappa shape index (κ1) is 14.0. The third-order valence-electron chi connectivity index (χ3n) is 2.74. The van der Waals surface area contributed by atoms with E-state index in [1.807, 2.05) is 0 Å². The van der Waals surface area contributed by atoms with Crippen LogP contribution < -0.4 is 10.2 Å². The minimum absolute atomic E-state index is 0.264. The van der Waals surface area contributed by atoms with Crippen LogP contribution >= 0.6 is 0 Å². The zero-order chi connectivity index (χ0) is 14.5. The fourth-order valence-electron chi connectivity index (χ4n) is 1.91. The smallest absolute Gasteiger partial charge is 0.312 e. The van der Waals surface area contributed by atoms with Crippen molar-refractivity contribution >= 4 is 23.5 Å². The van der Waals surface area contributed by atoms with Crippen molar-refractivity contribution in [1.29, 1.82) is 0 Å². The third-order valence-corrected chi connectivity index (χ3v) is 2.74. The highest BCUT2D eigenvalue weighted by molar-refractivity contribution is 6.06. The molecule has 0 radical (unpaired) electrons. The van der Waals surface area contributed by atoms with E-state index in [2.05, 4.69) is 5.32 Å². The number of carbonyl (C=O) groups is 3. The number of carbonyl (C=O) groups excluding carboxylic acids is 2. The topological polar surface area (TPSA) is 95.9 Å². The quantitative estimate of drug-likeness (QED) is 0.754. The Morgan fingerprint density at radius 1 is 1.35 bits per heavy atom. The maximum atomic E-state index is 12.1. The second-order valence-corrected chi connectivity index (χ2v) is 4.18. The van der Waals surface area contributed by atoms with E-state index in [1.54, 1.807) is 30.3 Å². The van der Waals surface area contributed by atoms with Crippen LogP contribution in [0.25, 0.3) is 0 Å². The minimum atomic E-state index is -1.26. The van der Waals surface area contributed by atoms with Crippen molar-refractivity contribution in [2.24, 2.45) is 0 Å². The van der Waals surface area contributed by atoms with Gasteiger partial charge in [0.2, 0.25) is 12.1 Å². The summed E-state index contributed by atoms with van der Waals surface area (Å²) in [7, 11) is 0. The first-order valence-electron chi connectivity index (χ1n) is 6.08. The highest BCUT2D eigenvalue weighted by Crippen LogP contribution is 2.20. The average molecular weight is 278 g/mol. The molecule has 0 spiro atoms. The fourth-order valence-corrected chi connectivity index (χ4v) is 1.91. The van der Waals surface area contributed by atoms with Crippen LogP contribution in [0, 0.1) is 0 Å². The fraction of sp³-hybridized carbons (Fsp3) is 0.308. The average Bonchev–Trinajstić information content (AvgIpc) is 2.42. The van der Waals surface area contributed by atoms with Gasteiger partial charge in [0.1, 0.15) is 6.42 Å². The summed E-state index contributed by atoms with van der Waals surface area (Å²) in [6.07, 6.45) is -1.85. The molecule has 1 atom stereocenters. The number of anilines is 1. The summed E-state index contributed by atoms with van der Waals surface area (Å²) in [6, 6.07) is 8.37. The Bertz CT molecular complexity index is 517. The molecule has 1 aromatic carbocycles. The number of para-hydroxylation sites is 1. The summed E-state index contributed by atoms with van der Waals surface area (Å²) >= 11 is 0. The van der Waals surface area contributed by atoms with Crippen molar-refractivity contribution < 1.29 is 24.2 Å². The van der Waals surface area contributed by atoms with Gasteiger partial charge in [-0.15, -0.1) is 0 Å². The first-order chi connectivity index (χ1) is 9.59. The van der Waals surface area contributed by atoms with Crippen LogP contribution in [-0.2, 0) is 19.1 Å². The molecule has 1 saturated heterocycles. The lowest BCUT2D eigenvalue weighted by atomic mass is 10.2. The molecule has 7 nitrogen and oxygen atoms in total. The molecule has 1 aliphatic rings. The van der Waals surface area contributed by atoms with Gasteiger partial charge in [0, 0.05) is 12.2 Å². The molecule has 1 aromatic rings. The van der Waals surface area contributed by atoms with Gasteiger partial charge in [0.15, 0.2) is 0 Å². The number of carboxylic acid groups (broad SMARTS) is 1. The number of nitrogens with zero attached hydrogens (tertiary/aromatic N) is 1. The van der Waals surface area contributed by atoms with Crippen molar-refractivity contribution in [2.75, 3.05) is 18.1 Å². The molecule has 1 aliphatic heterocycles. The van der Waals surface area contributed by atoms with E-state index in [0.717, 1.165) is 4.90 Å². The largest absolute Gasteiger partial charge is 0.481 e. The SMILES string of the molecule is O=C(O)CC(=O)N(c1ccccc1)C1OCCNC1=O. The third kappa shape index (κ3) is 3.12. The monoisotopic (exact) mass is 278 g/mol. The Morgan fingerprint density at radius 3 is 2.65 bits per heavy atom. The molecule has 2 amide bonds. The van der Waals surface area contributed by atoms with Gasteiger partial charge in [-0.1, -0.05) is 18.2 Å². The van der Waals surface area contributed by atoms with Gasteiger partial charge >= 0.3 is 5.97 Å². The minimum Gasteiger partial charge on any atom is -0.481 e. The highest BCUT2D eigenvalue weighted by atomic mass is 16.5. The van der Waals surface area contributed by atoms with Crippen LogP contribution in [0.2, 0.25) is 0 Å². The van der Waals surface area contributed by atoms with E-state index in [0.29, 0.717) is 12.2 Å². The van der Waals surface area contributed by atoms with E-state index >= 15 is 0 Å². The lowest BCUT2D eigenvalue weighted by Crippen LogP contribution is -2.56. The van der Waals surface area contributed by atoms with E-state index in [9.17, 15) is 14.4 Å². The van der Waals surface area contributed by atoms with Gasteiger partial charge in [-0.2, -0.15) is 0 Å². The molecule has 0 saturated carbocycles. The van der Waals surface area contributed by atoms with Crippen molar-refractivity contribution in [1.82, 2.24) is 5.32 Å². The summed E-state index contributed by atoms with van der Waals surface area (Å²) < 4.78 is 5.31. The van der Waals surface area contributed by atoms with E-state index in [4.69, 9.17) is 9.84 Å². The molecule has 0 aromatic heterocycles. The highest BCUT2D eigenvalue weighted by Gasteiger charge is 2.34. The Labute approximate surface area is 115 Å². The summed E-state index contributed by atoms with van der Waals surface area (Å²) in [4.78, 5) is 35.7. The molecule has 7 heteroatoms. The summed E-state index contributed by atoms with van der Waals surface area (Å²) in [5.41, 5.74) is 0.417. The zero-order valence-electron chi connectivity index (χ0n) is 10.6. The molecule has 1 fully saturated rings.